The Morgan fingerprint density at radius 3 is 2.42 bits per heavy atom. The van der Waals surface area contributed by atoms with Crippen LogP contribution in [-0.2, 0) is 10.0 Å². The highest BCUT2D eigenvalue weighted by Crippen LogP contribution is 2.14. The van der Waals surface area contributed by atoms with Crippen LogP contribution in [0.4, 0.5) is 14.7 Å². The molecule has 0 amide bonds. The Morgan fingerprint density at radius 2 is 1.95 bits per heavy atom. The number of sulfonamides is 1. The van der Waals surface area contributed by atoms with Gasteiger partial charge in [-0.05, 0) is 6.42 Å². The highest BCUT2D eigenvalue weighted by Gasteiger charge is 2.24. The van der Waals surface area contributed by atoms with Crippen LogP contribution in [0.3, 0.4) is 0 Å². The number of halogens is 2. The van der Waals surface area contributed by atoms with Crippen LogP contribution >= 0.6 is 0 Å². The average Bonchev–Trinajstić information content (AvgIpc) is 2.36. The molecule has 0 radical (unpaired) electrons. The van der Waals surface area contributed by atoms with Crippen LogP contribution in [0.15, 0.2) is 17.3 Å². The summed E-state index contributed by atoms with van der Waals surface area (Å²) in [5.41, 5.74) is 0. The first-order valence-corrected chi connectivity index (χ1v) is 7.12. The molecule has 0 aliphatic heterocycles. The molecule has 1 heterocycles. The van der Waals surface area contributed by atoms with E-state index in [4.69, 9.17) is 0 Å². The third kappa shape index (κ3) is 4.35. The van der Waals surface area contributed by atoms with E-state index in [-0.39, 0.29) is 4.90 Å². The number of anilines is 1. The molecule has 6 nitrogen and oxygen atoms in total. The molecule has 0 aliphatic carbocycles. The standard InChI is InChI=1S/C10H16F2N4O2S/c1-3-4-13-10-14-5-8(6-15-10)19(17,18)16(2)7-9(11)12/h5-6,9H,3-4,7H2,1-2H3,(H,13,14,15). The van der Waals surface area contributed by atoms with Gasteiger partial charge in [0.1, 0.15) is 4.90 Å². The second kappa shape index (κ2) is 6.71. The van der Waals surface area contributed by atoms with Crippen molar-refractivity contribution in [1.29, 1.82) is 0 Å². The van der Waals surface area contributed by atoms with E-state index < -0.39 is 23.0 Å². The number of nitrogens with zero attached hydrogens (tertiary/aromatic N) is 3. The van der Waals surface area contributed by atoms with E-state index in [1.807, 2.05) is 6.92 Å². The average molecular weight is 294 g/mol. The van der Waals surface area contributed by atoms with E-state index in [1.54, 1.807) is 0 Å². The second-order valence-electron chi connectivity index (χ2n) is 3.85. The Hall–Kier alpha value is -1.35. The van der Waals surface area contributed by atoms with Crippen molar-refractivity contribution in [3.63, 3.8) is 0 Å². The minimum absolute atomic E-state index is 0.210. The van der Waals surface area contributed by atoms with Crippen LogP contribution in [0.5, 0.6) is 0 Å². The largest absolute Gasteiger partial charge is 0.354 e. The van der Waals surface area contributed by atoms with Gasteiger partial charge in [-0.15, -0.1) is 0 Å². The Bertz CT molecular complexity index is 493. The fraction of sp³-hybridized carbons (Fsp3) is 0.600. The molecule has 0 fully saturated rings. The molecule has 1 N–H and O–H groups in total. The lowest BCUT2D eigenvalue weighted by Crippen LogP contribution is -2.31. The first-order valence-electron chi connectivity index (χ1n) is 5.68. The highest BCUT2D eigenvalue weighted by molar-refractivity contribution is 7.89. The van der Waals surface area contributed by atoms with Crippen LogP contribution in [0.25, 0.3) is 0 Å². The first kappa shape index (κ1) is 15.7. The molecule has 0 aliphatic rings. The summed E-state index contributed by atoms with van der Waals surface area (Å²) < 4.78 is 48.7. The predicted molar refractivity (Wildman–Crippen MR) is 66.6 cm³/mol. The van der Waals surface area contributed by atoms with Gasteiger partial charge < -0.3 is 5.32 Å². The van der Waals surface area contributed by atoms with Crippen LogP contribution in [0, 0.1) is 0 Å². The lowest BCUT2D eigenvalue weighted by molar-refractivity contribution is 0.126. The van der Waals surface area contributed by atoms with E-state index in [1.165, 1.54) is 0 Å². The monoisotopic (exact) mass is 294 g/mol. The van der Waals surface area contributed by atoms with Gasteiger partial charge in [-0.2, -0.15) is 4.31 Å². The minimum atomic E-state index is -3.97. The Kier molecular flexibility index (Phi) is 5.55. The molecular formula is C10H16F2N4O2S. The van der Waals surface area contributed by atoms with E-state index in [0.29, 0.717) is 16.8 Å². The van der Waals surface area contributed by atoms with Gasteiger partial charge in [0.15, 0.2) is 0 Å². The van der Waals surface area contributed by atoms with E-state index in [9.17, 15) is 17.2 Å². The number of rotatable bonds is 7. The molecule has 0 aromatic carbocycles. The van der Waals surface area contributed by atoms with Crippen molar-refractivity contribution in [3.05, 3.63) is 12.4 Å². The summed E-state index contributed by atoms with van der Waals surface area (Å²) >= 11 is 0. The predicted octanol–water partition coefficient (Wildman–Crippen LogP) is 1.18. The summed E-state index contributed by atoms with van der Waals surface area (Å²) in [4.78, 5) is 7.45. The molecule has 0 spiro atoms. The van der Waals surface area contributed by atoms with Gasteiger partial charge in [-0.1, -0.05) is 6.92 Å². The van der Waals surface area contributed by atoms with E-state index in [2.05, 4.69) is 15.3 Å². The lowest BCUT2D eigenvalue weighted by Gasteiger charge is -2.16. The maximum atomic E-state index is 12.2. The topological polar surface area (TPSA) is 75.2 Å². The molecule has 0 saturated carbocycles. The third-order valence-electron chi connectivity index (χ3n) is 2.26. The number of aromatic nitrogens is 2. The highest BCUT2D eigenvalue weighted by atomic mass is 32.2. The molecule has 1 rings (SSSR count). The first-order chi connectivity index (χ1) is 8.87. The number of alkyl halides is 2. The van der Waals surface area contributed by atoms with Crippen molar-refractivity contribution >= 4 is 16.0 Å². The van der Waals surface area contributed by atoms with Crippen molar-refractivity contribution in [1.82, 2.24) is 14.3 Å². The van der Waals surface area contributed by atoms with E-state index in [0.717, 1.165) is 25.9 Å². The lowest BCUT2D eigenvalue weighted by atomic mass is 10.5. The summed E-state index contributed by atoms with van der Waals surface area (Å²) in [5, 5.41) is 2.88. The molecule has 1 aromatic rings. The minimum Gasteiger partial charge on any atom is -0.354 e. The number of nitrogens with one attached hydrogen (secondary N) is 1. The quantitative estimate of drug-likeness (QED) is 0.817. The molecule has 108 valence electrons. The van der Waals surface area contributed by atoms with Crippen molar-refractivity contribution in [2.75, 3.05) is 25.5 Å². The third-order valence-corrected chi connectivity index (χ3v) is 4.04. The summed E-state index contributed by atoms with van der Waals surface area (Å²) in [6, 6.07) is 0. The maximum Gasteiger partial charge on any atom is 0.252 e. The molecular weight excluding hydrogens is 278 g/mol. The van der Waals surface area contributed by atoms with Crippen molar-refractivity contribution in [2.24, 2.45) is 0 Å². The molecule has 0 saturated heterocycles. The molecule has 0 unspecified atom stereocenters. The molecule has 0 bridgehead atoms. The number of hydrogen-bond donors (Lipinski definition) is 1. The van der Waals surface area contributed by atoms with Crippen molar-refractivity contribution < 1.29 is 17.2 Å². The Balaban J connectivity index is 2.84. The zero-order valence-electron chi connectivity index (χ0n) is 10.7. The van der Waals surface area contributed by atoms with Crippen LogP contribution < -0.4 is 5.32 Å². The SMILES string of the molecule is CCCNc1ncc(S(=O)(=O)N(C)CC(F)F)cn1. The van der Waals surface area contributed by atoms with Gasteiger partial charge >= 0.3 is 0 Å². The summed E-state index contributed by atoms with van der Waals surface area (Å²) in [7, 11) is -2.88. The van der Waals surface area contributed by atoms with Gasteiger partial charge in [0.05, 0.1) is 18.9 Å². The van der Waals surface area contributed by atoms with Gasteiger partial charge in [-0.25, -0.2) is 27.2 Å². The fourth-order valence-corrected chi connectivity index (χ4v) is 2.29. The summed E-state index contributed by atoms with van der Waals surface area (Å²) in [6.07, 6.45) is 0.344. The normalized spacial score (nSPS) is 12.1. The smallest absolute Gasteiger partial charge is 0.252 e. The number of hydrogen-bond acceptors (Lipinski definition) is 5. The van der Waals surface area contributed by atoms with Gasteiger partial charge in [0.25, 0.3) is 6.43 Å². The summed E-state index contributed by atoms with van der Waals surface area (Å²) in [6.45, 7) is 1.76. The maximum absolute atomic E-state index is 12.2. The van der Waals surface area contributed by atoms with Crippen LogP contribution in [0.1, 0.15) is 13.3 Å². The van der Waals surface area contributed by atoms with Crippen LogP contribution in [0.2, 0.25) is 0 Å². The second-order valence-corrected chi connectivity index (χ2v) is 5.89. The Morgan fingerprint density at radius 1 is 1.37 bits per heavy atom. The Labute approximate surface area is 110 Å². The molecule has 19 heavy (non-hydrogen) atoms. The fourth-order valence-electron chi connectivity index (χ4n) is 1.25. The molecule has 9 heteroatoms. The summed E-state index contributed by atoms with van der Waals surface area (Å²) in [5.74, 6) is 0.303. The van der Waals surface area contributed by atoms with Crippen molar-refractivity contribution in [2.45, 2.75) is 24.7 Å². The molecule has 1 aromatic heterocycles. The van der Waals surface area contributed by atoms with Crippen LogP contribution in [-0.4, -0.2) is 49.3 Å². The molecule has 0 atom stereocenters. The van der Waals surface area contributed by atoms with Gasteiger partial charge in [0.2, 0.25) is 16.0 Å². The van der Waals surface area contributed by atoms with Gasteiger partial charge in [0, 0.05) is 13.6 Å². The zero-order chi connectivity index (χ0) is 14.5. The van der Waals surface area contributed by atoms with E-state index >= 15 is 0 Å². The van der Waals surface area contributed by atoms with Crippen molar-refractivity contribution in [3.8, 4) is 0 Å². The van der Waals surface area contributed by atoms with Gasteiger partial charge in [-0.3, -0.25) is 0 Å². The zero-order valence-corrected chi connectivity index (χ0v) is 11.5.